The summed E-state index contributed by atoms with van der Waals surface area (Å²) >= 11 is 3.25. The molecule has 1 atom stereocenters. The smallest absolute Gasteiger partial charge is 0.252 e. The van der Waals surface area contributed by atoms with E-state index in [0.29, 0.717) is 10.0 Å². The van der Waals surface area contributed by atoms with E-state index >= 15 is 0 Å². The van der Waals surface area contributed by atoms with Gasteiger partial charge < -0.3 is 15.5 Å². The van der Waals surface area contributed by atoms with Crippen molar-refractivity contribution < 1.29 is 15.0 Å². The summed E-state index contributed by atoms with van der Waals surface area (Å²) in [5, 5.41) is 20.1. The Kier molecular flexibility index (Phi) is 4.74. The molecule has 0 aromatic heterocycles. The molecule has 1 aromatic carbocycles. The van der Waals surface area contributed by atoms with Crippen molar-refractivity contribution in [3.8, 4) is 0 Å². The lowest BCUT2D eigenvalue weighted by Crippen LogP contribution is -2.34. The molecule has 0 heterocycles. The molecule has 5 heteroatoms. The van der Waals surface area contributed by atoms with Gasteiger partial charge in [-0.15, -0.1) is 0 Å². The monoisotopic (exact) mass is 273 g/mol. The Balaban J connectivity index is 2.58. The molecule has 15 heavy (non-hydrogen) atoms. The van der Waals surface area contributed by atoms with Gasteiger partial charge in [0.25, 0.3) is 5.91 Å². The molecule has 0 saturated carbocycles. The van der Waals surface area contributed by atoms with Crippen LogP contribution in [0.3, 0.4) is 0 Å². The number of nitrogens with one attached hydrogen (secondary N) is 1. The summed E-state index contributed by atoms with van der Waals surface area (Å²) in [4.78, 5) is 11.6. The number of hydrogen-bond donors (Lipinski definition) is 3. The fourth-order valence-electron chi connectivity index (χ4n) is 1.02. The molecular formula is C10H12BrNO3. The van der Waals surface area contributed by atoms with Crippen LogP contribution in [0, 0.1) is 0 Å². The van der Waals surface area contributed by atoms with Crippen LogP contribution < -0.4 is 5.32 Å². The van der Waals surface area contributed by atoms with E-state index in [1.807, 2.05) is 6.07 Å². The molecule has 0 radical (unpaired) electrons. The first-order valence-electron chi connectivity index (χ1n) is 4.46. The number of aliphatic hydroxyl groups excluding tert-OH is 2. The molecule has 1 aromatic rings. The molecule has 1 rings (SSSR count). The van der Waals surface area contributed by atoms with Crippen LogP contribution in [0.1, 0.15) is 10.4 Å². The first kappa shape index (κ1) is 12.2. The molecular weight excluding hydrogens is 262 g/mol. The van der Waals surface area contributed by atoms with Crippen LogP contribution >= 0.6 is 15.9 Å². The van der Waals surface area contributed by atoms with Crippen molar-refractivity contribution in [1.82, 2.24) is 5.32 Å². The number of amides is 1. The molecule has 0 fully saturated rings. The van der Waals surface area contributed by atoms with Gasteiger partial charge in [-0.1, -0.05) is 12.1 Å². The van der Waals surface area contributed by atoms with Crippen LogP contribution in [-0.2, 0) is 0 Å². The SMILES string of the molecule is O=C(NCC(O)CO)c1ccccc1Br. The van der Waals surface area contributed by atoms with Gasteiger partial charge in [-0.25, -0.2) is 0 Å². The Morgan fingerprint density at radius 2 is 2.13 bits per heavy atom. The highest BCUT2D eigenvalue weighted by Crippen LogP contribution is 2.15. The summed E-state index contributed by atoms with van der Waals surface area (Å²) in [6.07, 6.45) is -0.920. The second-order valence-corrected chi connectivity index (χ2v) is 3.88. The molecule has 0 aliphatic heterocycles. The first-order valence-corrected chi connectivity index (χ1v) is 5.26. The third-order valence-electron chi connectivity index (χ3n) is 1.83. The Bertz CT molecular complexity index is 343. The first-order chi connectivity index (χ1) is 7.15. The average Bonchev–Trinajstić information content (AvgIpc) is 2.26. The van der Waals surface area contributed by atoms with Gasteiger partial charge in [-0.05, 0) is 28.1 Å². The van der Waals surface area contributed by atoms with Gasteiger partial charge in [0.2, 0.25) is 0 Å². The Hall–Kier alpha value is -0.910. The van der Waals surface area contributed by atoms with Gasteiger partial charge in [0.05, 0.1) is 18.3 Å². The van der Waals surface area contributed by atoms with Crippen molar-refractivity contribution in [3.05, 3.63) is 34.3 Å². The van der Waals surface area contributed by atoms with Crippen molar-refractivity contribution in [2.45, 2.75) is 6.10 Å². The molecule has 3 N–H and O–H groups in total. The van der Waals surface area contributed by atoms with Crippen LogP contribution in [0.4, 0.5) is 0 Å². The lowest BCUT2D eigenvalue weighted by Gasteiger charge is -2.09. The van der Waals surface area contributed by atoms with Gasteiger partial charge >= 0.3 is 0 Å². The standard InChI is InChI=1S/C10H12BrNO3/c11-9-4-2-1-3-8(9)10(15)12-5-7(14)6-13/h1-4,7,13-14H,5-6H2,(H,12,15). The number of benzene rings is 1. The van der Waals surface area contributed by atoms with Crippen molar-refractivity contribution >= 4 is 21.8 Å². The zero-order chi connectivity index (χ0) is 11.3. The van der Waals surface area contributed by atoms with E-state index in [-0.39, 0.29) is 19.1 Å². The summed E-state index contributed by atoms with van der Waals surface area (Å²) in [5.74, 6) is -0.282. The maximum atomic E-state index is 11.6. The molecule has 4 nitrogen and oxygen atoms in total. The van der Waals surface area contributed by atoms with Crippen molar-refractivity contribution in [3.63, 3.8) is 0 Å². The number of hydrogen-bond acceptors (Lipinski definition) is 3. The van der Waals surface area contributed by atoms with Gasteiger partial charge in [0, 0.05) is 11.0 Å². The van der Waals surface area contributed by atoms with Gasteiger partial charge in [-0.2, -0.15) is 0 Å². The van der Waals surface area contributed by atoms with E-state index in [2.05, 4.69) is 21.2 Å². The van der Waals surface area contributed by atoms with E-state index in [4.69, 9.17) is 10.2 Å². The van der Waals surface area contributed by atoms with Crippen LogP contribution in [-0.4, -0.2) is 35.4 Å². The minimum Gasteiger partial charge on any atom is -0.394 e. The van der Waals surface area contributed by atoms with E-state index in [1.165, 1.54) is 0 Å². The highest BCUT2D eigenvalue weighted by molar-refractivity contribution is 9.10. The second kappa shape index (κ2) is 5.85. The number of carbonyl (C=O) groups is 1. The highest BCUT2D eigenvalue weighted by atomic mass is 79.9. The summed E-state index contributed by atoms with van der Waals surface area (Å²) in [7, 11) is 0. The lowest BCUT2D eigenvalue weighted by molar-refractivity contribution is 0.0801. The molecule has 0 spiro atoms. The Morgan fingerprint density at radius 3 is 2.73 bits per heavy atom. The van der Waals surface area contributed by atoms with Crippen LogP contribution in [0.15, 0.2) is 28.7 Å². The normalized spacial score (nSPS) is 12.2. The third-order valence-corrected chi connectivity index (χ3v) is 2.52. The minimum atomic E-state index is -0.920. The largest absolute Gasteiger partial charge is 0.394 e. The zero-order valence-corrected chi connectivity index (χ0v) is 9.57. The van der Waals surface area contributed by atoms with Gasteiger partial charge in [0.15, 0.2) is 0 Å². The topological polar surface area (TPSA) is 69.6 Å². The third kappa shape index (κ3) is 3.62. The van der Waals surface area contributed by atoms with E-state index in [9.17, 15) is 4.79 Å². The average molecular weight is 274 g/mol. The number of aliphatic hydroxyl groups is 2. The second-order valence-electron chi connectivity index (χ2n) is 3.03. The number of halogens is 1. The maximum absolute atomic E-state index is 11.6. The molecule has 0 aliphatic carbocycles. The summed E-state index contributed by atoms with van der Waals surface area (Å²) < 4.78 is 0.695. The minimum absolute atomic E-state index is 0.0384. The zero-order valence-electron chi connectivity index (χ0n) is 7.98. The molecule has 1 amide bonds. The molecule has 0 saturated heterocycles. The van der Waals surface area contributed by atoms with E-state index in [0.717, 1.165) is 0 Å². The molecule has 82 valence electrons. The molecule has 1 unspecified atom stereocenters. The lowest BCUT2D eigenvalue weighted by atomic mass is 10.2. The van der Waals surface area contributed by atoms with Gasteiger partial charge in [0.1, 0.15) is 0 Å². The molecule has 0 bridgehead atoms. The fourth-order valence-corrected chi connectivity index (χ4v) is 1.48. The predicted octanol–water partition coefficient (Wildman–Crippen LogP) is 0.532. The Morgan fingerprint density at radius 1 is 1.47 bits per heavy atom. The van der Waals surface area contributed by atoms with Crippen molar-refractivity contribution in [2.24, 2.45) is 0 Å². The van der Waals surface area contributed by atoms with E-state index in [1.54, 1.807) is 18.2 Å². The van der Waals surface area contributed by atoms with Crippen molar-refractivity contribution in [2.75, 3.05) is 13.2 Å². The number of rotatable bonds is 4. The van der Waals surface area contributed by atoms with Crippen LogP contribution in [0.5, 0.6) is 0 Å². The summed E-state index contributed by atoms with van der Waals surface area (Å²) in [6.45, 7) is -0.326. The van der Waals surface area contributed by atoms with E-state index < -0.39 is 6.10 Å². The van der Waals surface area contributed by atoms with Crippen molar-refractivity contribution in [1.29, 1.82) is 0 Å². The summed E-state index contributed by atoms with van der Waals surface area (Å²) in [6, 6.07) is 6.99. The van der Waals surface area contributed by atoms with Gasteiger partial charge in [-0.3, -0.25) is 4.79 Å². The highest BCUT2D eigenvalue weighted by Gasteiger charge is 2.10. The maximum Gasteiger partial charge on any atom is 0.252 e. The quantitative estimate of drug-likeness (QED) is 0.750. The molecule has 0 aliphatic rings. The van der Waals surface area contributed by atoms with Crippen LogP contribution in [0.25, 0.3) is 0 Å². The summed E-state index contributed by atoms with van der Waals surface area (Å²) in [5.41, 5.74) is 0.502. The van der Waals surface area contributed by atoms with Crippen LogP contribution in [0.2, 0.25) is 0 Å². The predicted molar refractivity (Wildman–Crippen MR) is 59.6 cm³/mol. The number of carbonyl (C=O) groups excluding carboxylic acids is 1. The fraction of sp³-hybridized carbons (Fsp3) is 0.300. The Labute approximate surface area is 96.1 Å².